The number of hydrogen-bond acceptors (Lipinski definition) is 3. The van der Waals surface area contributed by atoms with Gasteiger partial charge in [-0.1, -0.05) is 40.2 Å². The summed E-state index contributed by atoms with van der Waals surface area (Å²) in [6.07, 6.45) is 1.77. The molecule has 0 aliphatic carbocycles. The maximum absolute atomic E-state index is 13.6. The van der Waals surface area contributed by atoms with Crippen LogP contribution in [0.2, 0.25) is 0 Å². The molecule has 2 aromatic rings. The summed E-state index contributed by atoms with van der Waals surface area (Å²) in [5.41, 5.74) is 1.10. The quantitative estimate of drug-likeness (QED) is 0.785. The molecule has 0 unspecified atom stereocenters. The Bertz CT molecular complexity index is 804. The number of rotatable bonds is 2. The van der Waals surface area contributed by atoms with E-state index in [0.29, 0.717) is 10.1 Å². The number of nitrogens with one attached hydrogen (secondary N) is 1. The maximum atomic E-state index is 13.6. The molecular weight excluding hydrogens is 367 g/mol. The second kappa shape index (κ2) is 6.46. The third-order valence-electron chi connectivity index (χ3n) is 2.87. The van der Waals surface area contributed by atoms with Gasteiger partial charge in [0, 0.05) is 4.47 Å². The van der Waals surface area contributed by atoms with Crippen molar-refractivity contribution in [1.82, 2.24) is 5.32 Å². The SMILES string of the molecule is O=C1NC(=Nc2ccccc2F)SC1=Cc1cccc(Br)c1. The summed E-state index contributed by atoms with van der Waals surface area (Å²) in [4.78, 5) is 16.6. The van der Waals surface area contributed by atoms with E-state index in [1.807, 2.05) is 24.3 Å². The zero-order chi connectivity index (χ0) is 15.5. The smallest absolute Gasteiger partial charge is 0.264 e. The van der Waals surface area contributed by atoms with Gasteiger partial charge in [-0.25, -0.2) is 9.38 Å². The lowest BCUT2D eigenvalue weighted by Crippen LogP contribution is -2.19. The number of carbonyl (C=O) groups excluding carboxylic acids is 1. The first-order valence-electron chi connectivity index (χ1n) is 6.41. The largest absolute Gasteiger partial charge is 0.300 e. The fourth-order valence-corrected chi connectivity index (χ4v) is 3.13. The lowest BCUT2D eigenvalue weighted by Gasteiger charge is -1.97. The molecular formula is C16H10BrFN2OS. The molecule has 1 aliphatic rings. The first-order valence-corrected chi connectivity index (χ1v) is 8.02. The third kappa shape index (κ3) is 3.45. The highest BCUT2D eigenvalue weighted by Crippen LogP contribution is 2.29. The van der Waals surface area contributed by atoms with Crippen molar-refractivity contribution in [2.75, 3.05) is 0 Å². The Hall–Kier alpha value is -1.92. The molecule has 0 bridgehead atoms. The Kier molecular flexibility index (Phi) is 4.40. The van der Waals surface area contributed by atoms with Gasteiger partial charge in [0.25, 0.3) is 5.91 Å². The average Bonchev–Trinajstić information content (AvgIpc) is 2.81. The van der Waals surface area contributed by atoms with Gasteiger partial charge < -0.3 is 5.32 Å². The van der Waals surface area contributed by atoms with Crippen LogP contribution in [0.3, 0.4) is 0 Å². The van der Waals surface area contributed by atoms with E-state index in [4.69, 9.17) is 0 Å². The maximum Gasteiger partial charge on any atom is 0.264 e. The van der Waals surface area contributed by atoms with Gasteiger partial charge in [0.15, 0.2) is 5.17 Å². The normalized spacial score (nSPS) is 18.0. The number of thioether (sulfide) groups is 1. The topological polar surface area (TPSA) is 41.5 Å². The number of hydrogen-bond donors (Lipinski definition) is 1. The second-order valence-electron chi connectivity index (χ2n) is 4.49. The summed E-state index contributed by atoms with van der Waals surface area (Å²) in [6, 6.07) is 13.8. The van der Waals surface area contributed by atoms with Crippen molar-refractivity contribution >= 4 is 50.5 Å². The average molecular weight is 377 g/mol. The second-order valence-corrected chi connectivity index (χ2v) is 6.43. The van der Waals surface area contributed by atoms with Crippen LogP contribution in [0.5, 0.6) is 0 Å². The van der Waals surface area contributed by atoms with Gasteiger partial charge in [-0.3, -0.25) is 4.79 Å². The molecule has 0 atom stereocenters. The van der Waals surface area contributed by atoms with E-state index >= 15 is 0 Å². The third-order valence-corrected chi connectivity index (χ3v) is 4.27. The fourth-order valence-electron chi connectivity index (χ4n) is 1.88. The highest BCUT2D eigenvalue weighted by atomic mass is 79.9. The van der Waals surface area contributed by atoms with Crippen molar-refractivity contribution in [3.05, 3.63) is 69.3 Å². The van der Waals surface area contributed by atoms with E-state index in [-0.39, 0.29) is 11.6 Å². The van der Waals surface area contributed by atoms with Crippen molar-refractivity contribution < 1.29 is 9.18 Å². The number of amidine groups is 1. The molecule has 1 amide bonds. The van der Waals surface area contributed by atoms with Crippen LogP contribution in [0.1, 0.15) is 5.56 Å². The predicted octanol–water partition coefficient (Wildman–Crippen LogP) is 4.48. The summed E-state index contributed by atoms with van der Waals surface area (Å²) in [5.74, 6) is -0.658. The van der Waals surface area contributed by atoms with Crippen molar-refractivity contribution in [3.63, 3.8) is 0 Å². The zero-order valence-corrected chi connectivity index (χ0v) is 13.6. The number of carbonyl (C=O) groups is 1. The number of aliphatic imine (C=N–C) groups is 1. The molecule has 3 rings (SSSR count). The molecule has 1 aliphatic heterocycles. The van der Waals surface area contributed by atoms with Gasteiger partial charge >= 0.3 is 0 Å². The molecule has 1 saturated heterocycles. The summed E-state index contributed by atoms with van der Waals surface area (Å²) in [6.45, 7) is 0. The highest BCUT2D eigenvalue weighted by molar-refractivity contribution is 9.10. The van der Waals surface area contributed by atoms with Crippen LogP contribution in [0.25, 0.3) is 6.08 Å². The van der Waals surface area contributed by atoms with Crippen molar-refractivity contribution in [3.8, 4) is 0 Å². The first-order chi connectivity index (χ1) is 10.6. The Morgan fingerprint density at radius 1 is 1.18 bits per heavy atom. The highest BCUT2D eigenvalue weighted by Gasteiger charge is 2.24. The van der Waals surface area contributed by atoms with Crippen molar-refractivity contribution in [2.45, 2.75) is 0 Å². The Morgan fingerprint density at radius 2 is 2.00 bits per heavy atom. The molecule has 1 N–H and O–H groups in total. The van der Waals surface area contributed by atoms with Gasteiger partial charge in [0.1, 0.15) is 11.5 Å². The van der Waals surface area contributed by atoms with Crippen LogP contribution < -0.4 is 5.32 Å². The first kappa shape index (κ1) is 15.0. The number of nitrogens with zero attached hydrogens (tertiary/aromatic N) is 1. The van der Waals surface area contributed by atoms with Gasteiger partial charge in [-0.05, 0) is 47.7 Å². The zero-order valence-electron chi connectivity index (χ0n) is 11.2. The van der Waals surface area contributed by atoms with Crippen LogP contribution in [0.4, 0.5) is 10.1 Å². The lowest BCUT2D eigenvalue weighted by molar-refractivity contribution is -0.115. The van der Waals surface area contributed by atoms with Gasteiger partial charge in [0.2, 0.25) is 0 Å². The van der Waals surface area contributed by atoms with E-state index < -0.39 is 5.82 Å². The monoisotopic (exact) mass is 376 g/mol. The van der Waals surface area contributed by atoms with E-state index in [0.717, 1.165) is 10.0 Å². The summed E-state index contributed by atoms with van der Waals surface area (Å²) in [5, 5.41) is 3.01. The van der Waals surface area contributed by atoms with E-state index in [2.05, 4.69) is 26.2 Å². The Balaban J connectivity index is 1.86. The number of benzene rings is 2. The van der Waals surface area contributed by atoms with Crippen LogP contribution >= 0.6 is 27.7 Å². The van der Waals surface area contributed by atoms with Gasteiger partial charge in [-0.2, -0.15) is 0 Å². The minimum absolute atomic E-state index is 0.203. The fraction of sp³-hybridized carbons (Fsp3) is 0. The molecule has 0 spiro atoms. The van der Waals surface area contributed by atoms with Gasteiger partial charge in [0.05, 0.1) is 4.91 Å². The number of halogens is 2. The summed E-state index contributed by atoms with van der Waals surface area (Å²) < 4.78 is 14.5. The van der Waals surface area contributed by atoms with E-state index in [9.17, 15) is 9.18 Å². The Morgan fingerprint density at radius 3 is 2.77 bits per heavy atom. The summed E-state index contributed by atoms with van der Waals surface area (Å²) >= 11 is 4.58. The van der Waals surface area contributed by atoms with Crippen LogP contribution in [-0.4, -0.2) is 11.1 Å². The Labute approximate surface area is 139 Å². The molecule has 3 nitrogen and oxygen atoms in total. The number of para-hydroxylation sites is 1. The van der Waals surface area contributed by atoms with Crippen LogP contribution in [-0.2, 0) is 4.79 Å². The molecule has 6 heteroatoms. The van der Waals surface area contributed by atoms with Gasteiger partial charge in [-0.15, -0.1) is 0 Å². The molecule has 1 heterocycles. The molecule has 0 radical (unpaired) electrons. The van der Waals surface area contributed by atoms with Crippen molar-refractivity contribution in [1.29, 1.82) is 0 Å². The van der Waals surface area contributed by atoms with Crippen LogP contribution in [0.15, 0.2) is 62.9 Å². The summed E-state index contributed by atoms with van der Waals surface area (Å²) in [7, 11) is 0. The van der Waals surface area contributed by atoms with Crippen LogP contribution in [0, 0.1) is 5.82 Å². The lowest BCUT2D eigenvalue weighted by atomic mass is 10.2. The molecule has 0 aromatic heterocycles. The minimum Gasteiger partial charge on any atom is -0.300 e. The predicted molar refractivity (Wildman–Crippen MR) is 91.3 cm³/mol. The standard InChI is InChI=1S/C16H10BrFN2OS/c17-11-5-3-4-10(8-11)9-14-15(21)20-16(22-14)19-13-7-2-1-6-12(13)18/h1-9H,(H,19,20,21). The molecule has 110 valence electrons. The molecule has 2 aromatic carbocycles. The van der Waals surface area contributed by atoms with E-state index in [1.54, 1.807) is 24.3 Å². The molecule has 1 fully saturated rings. The van der Waals surface area contributed by atoms with Crippen molar-refractivity contribution in [2.24, 2.45) is 4.99 Å². The minimum atomic E-state index is -0.422. The van der Waals surface area contributed by atoms with E-state index in [1.165, 1.54) is 17.8 Å². The number of amides is 1. The molecule has 0 saturated carbocycles. The molecule has 22 heavy (non-hydrogen) atoms.